The second-order valence-electron chi connectivity index (χ2n) is 5.89. The Balaban J connectivity index is 1.90. The van der Waals surface area contributed by atoms with Crippen molar-refractivity contribution in [3.8, 4) is 22.6 Å². The van der Waals surface area contributed by atoms with Crippen molar-refractivity contribution in [3.05, 3.63) is 84.9 Å². The molecule has 5 aromatic rings. The molecule has 0 N–H and O–H groups in total. The molecule has 0 saturated carbocycles. The standard InChI is InChI=1S/C21H14N4/c1-3-9-15(10-4-1)19-17-13-7-8-14-18(17)21-23-22-20(25(21)24-19)16-11-5-2-6-12-16/h1-14H. The number of rotatable bonds is 2. The third kappa shape index (κ3) is 2.19. The lowest BCUT2D eigenvalue weighted by Gasteiger charge is -2.08. The van der Waals surface area contributed by atoms with Crippen molar-refractivity contribution >= 4 is 16.4 Å². The fourth-order valence-electron chi connectivity index (χ4n) is 3.16. The quantitative estimate of drug-likeness (QED) is 0.476. The second kappa shape index (κ2) is 5.53. The molecule has 3 aromatic carbocycles. The minimum absolute atomic E-state index is 0.749. The van der Waals surface area contributed by atoms with Gasteiger partial charge in [0, 0.05) is 21.9 Å². The highest BCUT2D eigenvalue weighted by Crippen LogP contribution is 2.30. The molecule has 0 bridgehead atoms. The molecular formula is C21H14N4. The van der Waals surface area contributed by atoms with E-state index in [9.17, 15) is 0 Å². The van der Waals surface area contributed by atoms with Crippen molar-refractivity contribution in [2.75, 3.05) is 0 Å². The summed E-state index contributed by atoms with van der Waals surface area (Å²) in [6.07, 6.45) is 0. The maximum absolute atomic E-state index is 4.90. The Morgan fingerprint density at radius 2 is 1.16 bits per heavy atom. The number of aromatic nitrogens is 4. The first-order valence-corrected chi connectivity index (χ1v) is 8.17. The normalized spacial score (nSPS) is 11.2. The molecule has 2 aromatic heterocycles. The number of fused-ring (bicyclic) bond motifs is 3. The van der Waals surface area contributed by atoms with Gasteiger partial charge in [0.05, 0.1) is 5.69 Å². The molecule has 0 saturated heterocycles. The molecule has 0 fully saturated rings. The molecule has 0 atom stereocenters. The van der Waals surface area contributed by atoms with Crippen LogP contribution >= 0.6 is 0 Å². The summed E-state index contributed by atoms with van der Waals surface area (Å²) < 4.78 is 1.85. The first-order chi connectivity index (χ1) is 12.4. The van der Waals surface area contributed by atoms with Crippen molar-refractivity contribution in [2.45, 2.75) is 0 Å². The van der Waals surface area contributed by atoms with Gasteiger partial charge in [0.1, 0.15) is 0 Å². The molecule has 0 radical (unpaired) electrons. The van der Waals surface area contributed by atoms with Gasteiger partial charge in [0.15, 0.2) is 11.5 Å². The lowest BCUT2D eigenvalue weighted by Crippen LogP contribution is -1.99. The highest BCUT2D eigenvalue weighted by atomic mass is 15.4. The average molecular weight is 322 g/mol. The Hall–Kier alpha value is -3.53. The SMILES string of the molecule is c1ccc(-c2nn3c(-c4ccccc4)nnc3c3ccccc23)cc1. The molecule has 0 aliphatic rings. The highest BCUT2D eigenvalue weighted by Gasteiger charge is 2.15. The maximum Gasteiger partial charge on any atom is 0.186 e. The van der Waals surface area contributed by atoms with E-state index in [1.807, 2.05) is 65.2 Å². The minimum atomic E-state index is 0.749. The third-order valence-electron chi connectivity index (χ3n) is 4.34. The Labute approximate surface area is 144 Å². The number of nitrogens with zero attached hydrogens (tertiary/aromatic N) is 4. The monoisotopic (exact) mass is 322 g/mol. The molecular weight excluding hydrogens is 308 g/mol. The Morgan fingerprint density at radius 3 is 1.88 bits per heavy atom. The highest BCUT2D eigenvalue weighted by molar-refractivity contribution is 6.01. The predicted octanol–water partition coefficient (Wildman–Crippen LogP) is 4.61. The zero-order valence-electron chi connectivity index (χ0n) is 13.4. The van der Waals surface area contributed by atoms with Crippen LogP contribution in [0.15, 0.2) is 84.9 Å². The number of hydrogen-bond donors (Lipinski definition) is 0. The maximum atomic E-state index is 4.90. The fourth-order valence-corrected chi connectivity index (χ4v) is 3.16. The second-order valence-corrected chi connectivity index (χ2v) is 5.89. The van der Waals surface area contributed by atoms with Crippen LogP contribution in [-0.4, -0.2) is 19.8 Å². The van der Waals surface area contributed by atoms with Gasteiger partial charge in [-0.15, -0.1) is 10.2 Å². The molecule has 0 unspecified atom stereocenters. The third-order valence-corrected chi connectivity index (χ3v) is 4.34. The largest absolute Gasteiger partial charge is 0.192 e. The summed E-state index contributed by atoms with van der Waals surface area (Å²) in [6.45, 7) is 0. The fraction of sp³-hybridized carbons (Fsp3) is 0. The Bertz CT molecular complexity index is 1180. The van der Waals surface area contributed by atoms with Crippen LogP contribution in [0.25, 0.3) is 39.1 Å². The van der Waals surface area contributed by atoms with Crippen molar-refractivity contribution < 1.29 is 0 Å². The molecule has 25 heavy (non-hydrogen) atoms. The zero-order valence-corrected chi connectivity index (χ0v) is 13.4. The van der Waals surface area contributed by atoms with E-state index in [1.54, 1.807) is 0 Å². The molecule has 0 aliphatic heterocycles. The van der Waals surface area contributed by atoms with E-state index in [0.29, 0.717) is 0 Å². The van der Waals surface area contributed by atoms with Crippen LogP contribution in [-0.2, 0) is 0 Å². The van der Waals surface area contributed by atoms with Crippen LogP contribution in [0.3, 0.4) is 0 Å². The smallest absolute Gasteiger partial charge is 0.186 e. The van der Waals surface area contributed by atoms with Crippen molar-refractivity contribution in [1.29, 1.82) is 0 Å². The summed E-state index contributed by atoms with van der Waals surface area (Å²) in [6, 6.07) is 28.5. The van der Waals surface area contributed by atoms with E-state index >= 15 is 0 Å². The van der Waals surface area contributed by atoms with E-state index in [1.165, 1.54) is 0 Å². The zero-order chi connectivity index (χ0) is 16.6. The molecule has 4 nitrogen and oxygen atoms in total. The van der Waals surface area contributed by atoms with Gasteiger partial charge < -0.3 is 0 Å². The first-order valence-electron chi connectivity index (χ1n) is 8.17. The van der Waals surface area contributed by atoms with E-state index in [0.717, 1.165) is 39.1 Å². The van der Waals surface area contributed by atoms with Gasteiger partial charge in [-0.3, -0.25) is 0 Å². The van der Waals surface area contributed by atoms with Crippen LogP contribution in [0.5, 0.6) is 0 Å². The van der Waals surface area contributed by atoms with Gasteiger partial charge in [-0.1, -0.05) is 84.9 Å². The van der Waals surface area contributed by atoms with Gasteiger partial charge in [0.2, 0.25) is 0 Å². The molecule has 2 heterocycles. The van der Waals surface area contributed by atoms with Gasteiger partial charge in [-0.25, -0.2) is 0 Å². The average Bonchev–Trinajstić information content (AvgIpc) is 3.13. The molecule has 0 aliphatic carbocycles. The van der Waals surface area contributed by atoms with E-state index < -0.39 is 0 Å². The Morgan fingerprint density at radius 1 is 0.560 bits per heavy atom. The summed E-state index contributed by atoms with van der Waals surface area (Å²) in [7, 11) is 0. The summed E-state index contributed by atoms with van der Waals surface area (Å²) in [5, 5.41) is 15.8. The lowest BCUT2D eigenvalue weighted by molar-refractivity contribution is 0.951. The molecule has 0 amide bonds. The summed E-state index contributed by atoms with van der Waals surface area (Å²) in [5.74, 6) is 0.749. The van der Waals surface area contributed by atoms with Crippen LogP contribution in [0.4, 0.5) is 0 Å². The topological polar surface area (TPSA) is 43.1 Å². The van der Waals surface area contributed by atoms with E-state index in [-0.39, 0.29) is 0 Å². The van der Waals surface area contributed by atoms with Crippen LogP contribution in [0.2, 0.25) is 0 Å². The predicted molar refractivity (Wildman–Crippen MR) is 99.2 cm³/mol. The van der Waals surface area contributed by atoms with Gasteiger partial charge in [0.25, 0.3) is 0 Å². The molecule has 4 heteroatoms. The van der Waals surface area contributed by atoms with Gasteiger partial charge >= 0.3 is 0 Å². The molecule has 0 spiro atoms. The Kier molecular flexibility index (Phi) is 3.07. The first kappa shape index (κ1) is 13.9. The number of hydrogen-bond acceptors (Lipinski definition) is 3. The van der Waals surface area contributed by atoms with Crippen molar-refractivity contribution in [1.82, 2.24) is 19.8 Å². The van der Waals surface area contributed by atoms with E-state index in [2.05, 4.69) is 34.5 Å². The number of benzene rings is 3. The van der Waals surface area contributed by atoms with E-state index in [4.69, 9.17) is 5.10 Å². The van der Waals surface area contributed by atoms with Crippen LogP contribution in [0.1, 0.15) is 0 Å². The van der Waals surface area contributed by atoms with Crippen LogP contribution in [0, 0.1) is 0 Å². The summed E-state index contributed by atoms with van der Waals surface area (Å²) >= 11 is 0. The van der Waals surface area contributed by atoms with Gasteiger partial charge in [-0.05, 0) is 0 Å². The minimum Gasteiger partial charge on any atom is -0.192 e. The molecule has 118 valence electrons. The lowest BCUT2D eigenvalue weighted by atomic mass is 10.1. The molecule has 5 rings (SSSR count). The summed E-state index contributed by atoms with van der Waals surface area (Å²) in [5.41, 5.74) is 3.78. The van der Waals surface area contributed by atoms with Crippen molar-refractivity contribution in [3.63, 3.8) is 0 Å². The van der Waals surface area contributed by atoms with Gasteiger partial charge in [-0.2, -0.15) is 9.61 Å². The summed E-state index contributed by atoms with van der Waals surface area (Å²) in [4.78, 5) is 0. The van der Waals surface area contributed by atoms with Crippen LogP contribution < -0.4 is 0 Å². The van der Waals surface area contributed by atoms with Crippen molar-refractivity contribution in [2.24, 2.45) is 0 Å².